The molecule has 3 heterocycles. The maximum Gasteiger partial charge on any atom is 0.226 e. The quantitative estimate of drug-likeness (QED) is 0.756. The van der Waals surface area contributed by atoms with Gasteiger partial charge in [-0.2, -0.15) is 0 Å². The van der Waals surface area contributed by atoms with Gasteiger partial charge in [-0.1, -0.05) is 24.3 Å². The Labute approximate surface area is 157 Å². The second-order valence-electron chi connectivity index (χ2n) is 6.91. The number of rotatable bonds is 5. The molecule has 0 radical (unpaired) electrons. The number of benzene rings is 1. The van der Waals surface area contributed by atoms with Gasteiger partial charge in [0.15, 0.2) is 0 Å². The SMILES string of the molecule is C[C@H](NC(=O)[C@@H]1CC(=O)N(Cc2ccccn2)C1)c1cc2ccccc2o1. The predicted molar refractivity (Wildman–Crippen MR) is 101 cm³/mol. The van der Waals surface area contributed by atoms with E-state index >= 15 is 0 Å². The third kappa shape index (κ3) is 3.69. The fourth-order valence-electron chi connectivity index (χ4n) is 3.41. The van der Waals surface area contributed by atoms with E-state index < -0.39 is 0 Å². The zero-order valence-corrected chi connectivity index (χ0v) is 15.1. The minimum absolute atomic E-state index is 0.0165. The van der Waals surface area contributed by atoms with Crippen LogP contribution in [0.25, 0.3) is 11.0 Å². The predicted octanol–water partition coefficient (Wildman–Crippen LogP) is 3.05. The molecule has 1 aliphatic rings. The Balaban J connectivity index is 1.38. The van der Waals surface area contributed by atoms with Crippen LogP contribution < -0.4 is 5.32 Å². The summed E-state index contributed by atoms with van der Waals surface area (Å²) in [4.78, 5) is 30.8. The van der Waals surface area contributed by atoms with Gasteiger partial charge in [0, 0.05) is 24.5 Å². The molecule has 6 heteroatoms. The van der Waals surface area contributed by atoms with Crippen molar-refractivity contribution >= 4 is 22.8 Å². The summed E-state index contributed by atoms with van der Waals surface area (Å²) in [5.41, 5.74) is 1.62. The number of carbonyl (C=O) groups is 2. The Kier molecular flexibility index (Phi) is 4.62. The van der Waals surface area contributed by atoms with Crippen molar-refractivity contribution in [2.75, 3.05) is 6.54 Å². The van der Waals surface area contributed by atoms with E-state index in [2.05, 4.69) is 10.3 Å². The van der Waals surface area contributed by atoms with Crippen molar-refractivity contribution in [1.82, 2.24) is 15.2 Å². The van der Waals surface area contributed by atoms with Crippen LogP contribution in [-0.2, 0) is 16.1 Å². The van der Waals surface area contributed by atoms with Crippen LogP contribution in [0.1, 0.15) is 30.8 Å². The number of nitrogens with zero attached hydrogens (tertiary/aromatic N) is 2. The average Bonchev–Trinajstić information content (AvgIpc) is 3.26. The van der Waals surface area contributed by atoms with Gasteiger partial charge >= 0.3 is 0 Å². The highest BCUT2D eigenvalue weighted by Crippen LogP contribution is 2.25. The Hall–Kier alpha value is -3.15. The first kappa shape index (κ1) is 17.3. The monoisotopic (exact) mass is 363 g/mol. The van der Waals surface area contributed by atoms with Crippen molar-refractivity contribution < 1.29 is 14.0 Å². The molecular weight excluding hydrogens is 342 g/mol. The van der Waals surface area contributed by atoms with Crippen LogP contribution in [0.4, 0.5) is 0 Å². The van der Waals surface area contributed by atoms with Crippen LogP contribution in [-0.4, -0.2) is 28.2 Å². The molecule has 138 valence electrons. The maximum atomic E-state index is 12.6. The standard InChI is InChI=1S/C21H21N3O3/c1-14(19-10-15-6-2-3-8-18(15)27-19)23-21(26)16-11-20(25)24(12-16)13-17-7-4-5-9-22-17/h2-10,14,16H,11-13H2,1H3,(H,23,26)/t14-,16+/m0/s1. The van der Waals surface area contributed by atoms with Crippen LogP contribution >= 0.6 is 0 Å². The third-order valence-corrected chi connectivity index (χ3v) is 4.89. The number of carbonyl (C=O) groups excluding carboxylic acids is 2. The van der Waals surface area contributed by atoms with E-state index in [1.54, 1.807) is 11.1 Å². The molecule has 0 spiro atoms. The van der Waals surface area contributed by atoms with Gasteiger partial charge in [0.05, 0.1) is 24.2 Å². The summed E-state index contributed by atoms with van der Waals surface area (Å²) in [5.74, 6) is 0.212. The van der Waals surface area contributed by atoms with Crippen LogP contribution in [0.15, 0.2) is 59.1 Å². The van der Waals surface area contributed by atoms with Gasteiger partial charge in [0.1, 0.15) is 11.3 Å². The zero-order valence-electron chi connectivity index (χ0n) is 15.1. The molecule has 27 heavy (non-hydrogen) atoms. The molecule has 0 saturated carbocycles. The summed E-state index contributed by atoms with van der Waals surface area (Å²) in [6.45, 7) is 2.73. The molecule has 1 aliphatic heterocycles. The lowest BCUT2D eigenvalue weighted by molar-refractivity contribution is -0.129. The number of hydrogen-bond acceptors (Lipinski definition) is 4. The van der Waals surface area contributed by atoms with Gasteiger partial charge in [-0.3, -0.25) is 14.6 Å². The van der Waals surface area contributed by atoms with E-state index in [0.29, 0.717) is 18.8 Å². The number of amides is 2. The largest absolute Gasteiger partial charge is 0.459 e. The van der Waals surface area contributed by atoms with E-state index in [4.69, 9.17) is 4.42 Å². The molecule has 1 N–H and O–H groups in total. The highest BCUT2D eigenvalue weighted by atomic mass is 16.3. The second-order valence-corrected chi connectivity index (χ2v) is 6.91. The molecule has 0 bridgehead atoms. The van der Waals surface area contributed by atoms with E-state index in [-0.39, 0.29) is 30.2 Å². The lowest BCUT2D eigenvalue weighted by Gasteiger charge is -2.17. The van der Waals surface area contributed by atoms with Gasteiger partial charge in [0.25, 0.3) is 0 Å². The van der Waals surface area contributed by atoms with Crippen LogP contribution in [0.5, 0.6) is 0 Å². The summed E-state index contributed by atoms with van der Waals surface area (Å²) < 4.78 is 5.81. The van der Waals surface area contributed by atoms with Gasteiger partial charge in [-0.25, -0.2) is 0 Å². The first-order chi connectivity index (χ1) is 13.1. The van der Waals surface area contributed by atoms with Crippen molar-refractivity contribution in [3.05, 3.63) is 66.2 Å². The minimum Gasteiger partial charge on any atom is -0.459 e. The molecule has 6 nitrogen and oxygen atoms in total. The number of likely N-dealkylation sites (tertiary alicyclic amines) is 1. The van der Waals surface area contributed by atoms with Crippen molar-refractivity contribution in [3.63, 3.8) is 0 Å². The van der Waals surface area contributed by atoms with E-state index in [1.807, 2.05) is 55.5 Å². The Morgan fingerprint density at radius 2 is 2.11 bits per heavy atom. The average molecular weight is 363 g/mol. The van der Waals surface area contributed by atoms with E-state index in [9.17, 15) is 9.59 Å². The van der Waals surface area contributed by atoms with Crippen molar-refractivity contribution in [2.24, 2.45) is 5.92 Å². The van der Waals surface area contributed by atoms with Gasteiger partial charge in [-0.05, 0) is 31.2 Å². The van der Waals surface area contributed by atoms with Crippen LogP contribution in [0, 0.1) is 5.92 Å². The summed E-state index contributed by atoms with van der Waals surface area (Å²) in [5, 5.41) is 3.98. The van der Waals surface area contributed by atoms with E-state index in [0.717, 1.165) is 16.7 Å². The fraction of sp³-hybridized carbons (Fsp3) is 0.286. The first-order valence-electron chi connectivity index (χ1n) is 9.06. The normalized spacial score (nSPS) is 18.0. The van der Waals surface area contributed by atoms with E-state index in [1.165, 1.54) is 0 Å². The second kappa shape index (κ2) is 7.23. The number of aromatic nitrogens is 1. The molecule has 2 amide bonds. The molecule has 0 unspecified atom stereocenters. The molecule has 4 rings (SSSR count). The molecule has 2 atom stereocenters. The van der Waals surface area contributed by atoms with Gasteiger partial charge < -0.3 is 14.6 Å². The summed E-state index contributed by atoms with van der Waals surface area (Å²) in [6, 6.07) is 15.0. The van der Waals surface area contributed by atoms with Crippen molar-refractivity contribution in [3.8, 4) is 0 Å². The summed E-state index contributed by atoms with van der Waals surface area (Å²) in [6.07, 6.45) is 1.93. The number of hydrogen-bond donors (Lipinski definition) is 1. The smallest absolute Gasteiger partial charge is 0.226 e. The van der Waals surface area contributed by atoms with Crippen LogP contribution in [0.2, 0.25) is 0 Å². The summed E-state index contributed by atoms with van der Waals surface area (Å²) in [7, 11) is 0. The fourth-order valence-corrected chi connectivity index (χ4v) is 3.41. The maximum absolute atomic E-state index is 12.6. The Morgan fingerprint density at radius 1 is 1.30 bits per heavy atom. The lowest BCUT2D eigenvalue weighted by Crippen LogP contribution is -2.34. The molecule has 1 aromatic carbocycles. The highest BCUT2D eigenvalue weighted by Gasteiger charge is 2.35. The van der Waals surface area contributed by atoms with Gasteiger partial charge in [-0.15, -0.1) is 0 Å². The third-order valence-electron chi connectivity index (χ3n) is 4.89. The zero-order chi connectivity index (χ0) is 18.8. The first-order valence-corrected chi connectivity index (χ1v) is 9.06. The topological polar surface area (TPSA) is 75.4 Å². The van der Waals surface area contributed by atoms with Gasteiger partial charge in [0.2, 0.25) is 11.8 Å². The lowest BCUT2D eigenvalue weighted by atomic mass is 10.1. The molecule has 1 fully saturated rings. The van der Waals surface area contributed by atoms with Crippen molar-refractivity contribution in [2.45, 2.75) is 25.9 Å². The molecule has 3 aromatic rings. The molecule has 1 saturated heterocycles. The van der Waals surface area contributed by atoms with Crippen molar-refractivity contribution in [1.29, 1.82) is 0 Å². The Morgan fingerprint density at radius 3 is 2.89 bits per heavy atom. The molecular formula is C21H21N3O3. The number of furan rings is 1. The minimum atomic E-state index is -0.354. The number of para-hydroxylation sites is 1. The van der Waals surface area contributed by atoms with Crippen LogP contribution in [0.3, 0.4) is 0 Å². The number of pyridine rings is 1. The molecule has 0 aliphatic carbocycles. The molecule has 2 aromatic heterocycles. The highest BCUT2D eigenvalue weighted by molar-refractivity contribution is 5.89. The number of fused-ring (bicyclic) bond motifs is 1. The Bertz CT molecular complexity index is 934. The summed E-state index contributed by atoms with van der Waals surface area (Å²) >= 11 is 0. The number of nitrogens with one attached hydrogen (secondary N) is 1.